The highest BCUT2D eigenvalue weighted by molar-refractivity contribution is 5.89. The molecule has 3 amide bonds. The average Bonchev–Trinajstić information content (AvgIpc) is 2.74. The summed E-state index contributed by atoms with van der Waals surface area (Å²) < 4.78 is 5.21. The summed E-state index contributed by atoms with van der Waals surface area (Å²) in [6.07, 6.45) is -2.11. The number of amides is 3. The molecule has 2 aliphatic rings. The molecular formula is C13H22N4O5. The number of carbonyl (C=O) groups is 3. The van der Waals surface area contributed by atoms with Crippen molar-refractivity contribution in [3.05, 3.63) is 0 Å². The van der Waals surface area contributed by atoms with Crippen LogP contribution in [0.15, 0.2) is 0 Å². The van der Waals surface area contributed by atoms with Crippen molar-refractivity contribution in [2.75, 3.05) is 19.6 Å². The van der Waals surface area contributed by atoms with Crippen LogP contribution in [0.2, 0.25) is 0 Å². The second kappa shape index (κ2) is 5.64. The van der Waals surface area contributed by atoms with Gasteiger partial charge in [0.15, 0.2) is 0 Å². The summed E-state index contributed by atoms with van der Waals surface area (Å²) in [7, 11) is 0. The largest absolute Gasteiger partial charge is 0.465 e. The van der Waals surface area contributed by atoms with Crippen molar-refractivity contribution in [2.24, 2.45) is 5.73 Å². The smallest absolute Gasteiger partial charge is 0.410 e. The van der Waals surface area contributed by atoms with Crippen LogP contribution >= 0.6 is 0 Å². The number of rotatable bonds is 4. The Morgan fingerprint density at radius 3 is 2.59 bits per heavy atom. The normalized spacial score (nSPS) is 28.0. The molecule has 2 aliphatic heterocycles. The summed E-state index contributed by atoms with van der Waals surface area (Å²) in [5.41, 5.74) is 5.04. The van der Waals surface area contributed by atoms with Gasteiger partial charge in [-0.15, -0.1) is 0 Å². The molecule has 9 nitrogen and oxygen atoms in total. The predicted molar refractivity (Wildman–Crippen MR) is 76.2 cm³/mol. The minimum Gasteiger partial charge on any atom is -0.465 e. The van der Waals surface area contributed by atoms with Crippen molar-refractivity contribution in [1.29, 1.82) is 0 Å². The molecule has 0 bridgehead atoms. The fourth-order valence-electron chi connectivity index (χ4n) is 2.51. The van der Waals surface area contributed by atoms with Crippen molar-refractivity contribution in [3.63, 3.8) is 0 Å². The number of nitrogens with zero attached hydrogens (tertiary/aromatic N) is 2. The van der Waals surface area contributed by atoms with Gasteiger partial charge < -0.3 is 25.8 Å². The molecule has 2 heterocycles. The summed E-state index contributed by atoms with van der Waals surface area (Å²) >= 11 is 0. The van der Waals surface area contributed by atoms with Gasteiger partial charge in [-0.1, -0.05) is 0 Å². The van der Waals surface area contributed by atoms with Crippen LogP contribution in [0.3, 0.4) is 0 Å². The Morgan fingerprint density at radius 1 is 1.50 bits per heavy atom. The lowest BCUT2D eigenvalue weighted by molar-refractivity contribution is -0.130. The molecule has 0 aromatic rings. The van der Waals surface area contributed by atoms with E-state index in [1.165, 1.54) is 9.80 Å². The first-order chi connectivity index (χ1) is 10.1. The molecule has 2 fully saturated rings. The van der Waals surface area contributed by atoms with Gasteiger partial charge in [-0.05, 0) is 20.8 Å². The van der Waals surface area contributed by atoms with Gasteiger partial charge >= 0.3 is 12.2 Å². The number of cyclic esters (lactones) is 1. The molecule has 22 heavy (non-hydrogen) atoms. The minimum atomic E-state index is -1.06. The Hall–Kier alpha value is -2.03. The standard InChI is InChI=1S/C13H22N4O5/c1-13(2,3)17(11(19)20)5-7-4-16(12(21)22-7)6-8-9(14)10(18)15-8/h7-9H,4-6,14H2,1-3H3,(H,15,18)(H,19,20)/t7?,8-,9+/m1/s1. The van der Waals surface area contributed by atoms with E-state index < -0.39 is 29.9 Å². The van der Waals surface area contributed by atoms with Crippen molar-refractivity contribution in [1.82, 2.24) is 15.1 Å². The summed E-state index contributed by atoms with van der Waals surface area (Å²) in [6.45, 7) is 5.97. The van der Waals surface area contributed by atoms with Gasteiger partial charge in [0, 0.05) is 12.1 Å². The van der Waals surface area contributed by atoms with Crippen LogP contribution in [0.25, 0.3) is 0 Å². The van der Waals surface area contributed by atoms with Gasteiger partial charge in [-0.25, -0.2) is 9.59 Å². The number of carboxylic acid groups (broad SMARTS) is 1. The highest BCUT2D eigenvalue weighted by atomic mass is 16.6. The van der Waals surface area contributed by atoms with Gasteiger partial charge in [0.1, 0.15) is 12.1 Å². The molecule has 4 N–H and O–H groups in total. The van der Waals surface area contributed by atoms with Crippen LogP contribution in [0, 0.1) is 0 Å². The van der Waals surface area contributed by atoms with E-state index in [0.29, 0.717) is 0 Å². The van der Waals surface area contributed by atoms with E-state index in [-0.39, 0.29) is 31.6 Å². The lowest BCUT2D eigenvalue weighted by Crippen LogP contribution is -2.69. The Labute approximate surface area is 128 Å². The fourth-order valence-corrected chi connectivity index (χ4v) is 2.51. The van der Waals surface area contributed by atoms with E-state index >= 15 is 0 Å². The summed E-state index contributed by atoms with van der Waals surface area (Å²) in [4.78, 5) is 36.9. The first-order valence-electron chi connectivity index (χ1n) is 7.11. The third kappa shape index (κ3) is 3.24. The number of nitrogens with one attached hydrogen (secondary N) is 1. The zero-order valence-electron chi connectivity index (χ0n) is 12.9. The maximum atomic E-state index is 11.8. The monoisotopic (exact) mass is 314 g/mol. The van der Waals surface area contributed by atoms with Crippen LogP contribution in [0.1, 0.15) is 20.8 Å². The molecule has 0 aromatic carbocycles. The molecule has 2 rings (SSSR count). The molecule has 0 spiro atoms. The predicted octanol–water partition coefficient (Wildman–Crippen LogP) is -0.589. The van der Waals surface area contributed by atoms with Gasteiger partial charge in [0.05, 0.1) is 19.1 Å². The Bertz CT molecular complexity index is 489. The third-order valence-electron chi connectivity index (χ3n) is 3.86. The van der Waals surface area contributed by atoms with E-state index in [2.05, 4.69) is 5.32 Å². The summed E-state index contributed by atoms with van der Waals surface area (Å²) in [5.74, 6) is -0.237. The van der Waals surface area contributed by atoms with Crippen molar-refractivity contribution >= 4 is 18.1 Å². The Morgan fingerprint density at radius 2 is 2.14 bits per heavy atom. The number of nitrogens with two attached hydrogens (primary N) is 1. The molecular weight excluding hydrogens is 292 g/mol. The summed E-state index contributed by atoms with van der Waals surface area (Å²) in [6, 6.07) is -0.895. The molecule has 2 saturated heterocycles. The van der Waals surface area contributed by atoms with Crippen molar-refractivity contribution in [2.45, 2.75) is 44.5 Å². The number of hydrogen-bond donors (Lipinski definition) is 3. The molecule has 0 radical (unpaired) electrons. The Balaban J connectivity index is 1.91. The molecule has 9 heteroatoms. The first-order valence-corrected chi connectivity index (χ1v) is 7.11. The Kier molecular flexibility index (Phi) is 4.19. The van der Waals surface area contributed by atoms with E-state index in [4.69, 9.17) is 10.5 Å². The minimum absolute atomic E-state index is 0.101. The first kappa shape index (κ1) is 16.3. The lowest BCUT2D eigenvalue weighted by Gasteiger charge is -2.36. The number of ether oxygens (including phenoxy) is 1. The quantitative estimate of drug-likeness (QED) is 0.596. The topological polar surface area (TPSA) is 125 Å². The maximum absolute atomic E-state index is 11.8. The molecule has 3 atom stereocenters. The van der Waals surface area contributed by atoms with Crippen molar-refractivity contribution in [3.8, 4) is 0 Å². The van der Waals surface area contributed by atoms with Crippen LogP contribution in [-0.4, -0.2) is 76.4 Å². The van der Waals surface area contributed by atoms with Crippen LogP contribution in [0.5, 0.6) is 0 Å². The third-order valence-corrected chi connectivity index (χ3v) is 3.86. The molecule has 0 saturated carbocycles. The number of β-lactam (4-membered cyclic amide) rings is 1. The highest BCUT2D eigenvalue weighted by Gasteiger charge is 2.42. The van der Waals surface area contributed by atoms with E-state index in [1.807, 2.05) is 0 Å². The second-order valence-electron chi connectivity index (χ2n) is 6.62. The van der Waals surface area contributed by atoms with E-state index in [1.54, 1.807) is 20.8 Å². The zero-order valence-corrected chi connectivity index (χ0v) is 12.9. The molecule has 0 aromatic heterocycles. The SMILES string of the molecule is CC(C)(C)N(CC1CN(C[C@H]2NC(=O)[C@H]2N)C(=O)O1)C(=O)O. The van der Waals surface area contributed by atoms with E-state index in [0.717, 1.165) is 0 Å². The molecule has 124 valence electrons. The lowest BCUT2D eigenvalue weighted by atomic mass is 10.00. The van der Waals surface area contributed by atoms with Gasteiger partial charge in [-0.2, -0.15) is 0 Å². The summed E-state index contributed by atoms with van der Waals surface area (Å²) in [5, 5.41) is 11.9. The molecule has 0 aliphatic carbocycles. The van der Waals surface area contributed by atoms with Crippen LogP contribution < -0.4 is 11.1 Å². The second-order valence-corrected chi connectivity index (χ2v) is 6.62. The fraction of sp³-hybridized carbons (Fsp3) is 0.769. The number of carbonyl (C=O) groups excluding carboxylic acids is 2. The maximum Gasteiger partial charge on any atom is 0.410 e. The van der Waals surface area contributed by atoms with Crippen LogP contribution in [0.4, 0.5) is 9.59 Å². The number of hydrogen-bond acceptors (Lipinski definition) is 5. The zero-order chi connectivity index (χ0) is 16.7. The van der Waals surface area contributed by atoms with Crippen molar-refractivity contribution < 1.29 is 24.2 Å². The highest BCUT2D eigenvalue weighted by Crippen LogP contribution is 2.20. The molecule has 1 unspecified atom stereocenters. The van der Waals surface area contributed by atoms with Crippen LogP contribution in [-0.2, 0) is 9.53 Å². The van der Waals surface area contributed by atoms with E-state index in [9.17, 15) is 19.5 Å². The van der Waals surface area contributed by atoms with Gasteiger partial charge in [0.25, 0.3) is 0 Å². The average molecular weight is 314 g/mol. The van der Waals surface area contributed by atoms with Gasteiger partial charge in [0.2, 0.25) is 5.91 Å². The van der Waals surface area contributed by atoms with Gasteiger partial charge in [-0.3, -0.25) is 9.69 Å².